The topological polar surface area (TPSA) is 78.5 Å². The Balaban J connectivity index is 1.47. The van der Waals surface area contributed by atoms with Gasteiger partial charge in [0.15, 0.2) is 0 Å². The summed E-state index contributed by atoms with van der Waals surface area (Å²) in [7, 11) is 0. The van der Waals surface area contributed by atoms with E-state index in [9.17, 15) is 14.4 Å². The monoisotopic (exact) mass is 473 g/mol. The molecule has 4 aromatic rings. The van der Waals surface area contributed by atoms with E-state index < -0.39 is 29.6 Å². The molecule has 0 saturated carbocycles. The first-order chi connectivity index (χ1) is 17.6. The summed E-state index contributed by atoms with van der Waals surface area (Å²) in [5.41, 5.74) is 2.59. The average molecular weight is 474 g/mol. The normalized spacial score (nSPS) is 19.0. The predicted molar refractivity (Wildman–Crippen MR) is 135 cm³/mol. The molecule has 176 valence electrons. The molecule has 1 saturated heterocycles. The highest BCUT2D eigenvalue weighted by Crippen LogP contribution is 2.39. The summed E-state index contributed by atoms with van der Waals surface area (Å²) >= 11 is 0. The zero-order valence-corrected chi connectivity index (χ0v) is 19.3. The zero-order chi connectivity index (χ0) is 24.7. The smallest absolute Gasteiger partial charge is 0.263 e. The fourth-order valence-electron chi connectivity index (χ4n) is 5.23. The average Bonchev–Trinajstić information content (AvgIpc) is 3.19. The Morgan fingerprint density at radius 1 is 0.583 bits per heavy atom. The van der Waals surface area contributed by atoms with Crippen LogP contribution in [0.3, 0.4) is 0 Å². The van der Waals surface area contributed by atoms with Crippen molar-refractivity contribution in [2.24, 2.45) is 0 Å². The number of rotatable bonds is 6. The van der Waals surface area contributed by atoms with Crippen molar-refractivity contribution in [3.05, 3.63) is 143 Å². The predicted octanol–water partition coefficient (Wildman–Crippen LogP) is 3.69. The minimum atomic E-state index is -0.914. The van der Waals surface area contributed by atoms with Crippen LogP contribution >= 0.6 is 0 Å². The van der Waals surface area contributed by atoms with Gasteiger partial charge in [-0.05, 0) is 28.8 Å². The molecule has 3 amide bonds. The first-order valence-corrected chi connectivity index (χ1v) is 11.8. The second-order valence-electron chi connectivity index (χ2n) is 8.95. The van der Waals surface area contributed by atoms with Gasteiger partial charge in [0.2, 0.25) is 5.91 Å². The van der Waals surface area contributed by atoms with E-state index in [0.29, 0.717) is 11.1 Å². The highest BCUT2D eigenvalue weighted by molar-refractivity contribution is 6.22. The van der Waals surface area contributed by atoms with Gasteiger partial charge in [-0.15, -0.1) is 0 Å². The Morgan fingerprint density at radius 3 is 1.36 bits per heavy atom. The van der Waals surface area contributed by atoms with Crippen LogP contribution in [0.2, 0.25) is 0 Å². The van der Waals surface area contributed by atoms with Crippen molar-refractivity contribution in [2.45, 2.75) is 17.7 Å². The standard InChI is InChI=1S/C30H23N3O3/c34-27-25(26(31-27)33-28(35)23-18-10-11-19-24(23)29(33)36)32-30(20-12-4-1-5-13-20,21-14-6-2-7-15-21)22-16-8-3-9-17-22/h1-19,25-26,32H,(H,31,34)/t25-,26?/m0/s1. The molecule has 2 aliphatic rings. The van der Waals surface area contributed by atoms with Crippen molar-refractivity contribution in [1.82, 2.24) is 15.5 Å². The first kappa shape index (κ1) is 21.9. The molecule has 0 aromatic heterocycles. The molecule has 4 aromatic carbocycles. The summed E-state index contributed by atoms with van der Waals surface area (Å²) in [6.07, 6.45) is -0.819. The fourth-order valence-corrected chi connectivity index (χ4v) is 5.23. The molecule has 2 atom stereocenters. The third kappa shape index (κ3) is 3.26. The van der Waals surface area contributed by atoms with Crippen LogP contribution < -0.4 is 10.6 Å². The van der Waals surface area contributed by atoms with Crippen LogP contribution in [-0.2, 0) is 10.3 Å². The van der Waals surface area contributed by atoms with Gasteiger partial charge in [-0.1, -0.05) is 103 Å². The van der Waals surface area contributed by atoms with Crippen LogP contribution in [0, 0.1) is 0 Å². The number of carbonyl (C=O) groups is 3. The summed E-state index contributed by atoms with van der Waals surface area (Å²) in [5.74, 6) is -1.09. The van der Waals surface area contributed by atoms with E-state index in [4.69, 9.17) is 0 Å². The minimum absolute atomic E-state index is 0.274. The molecule has 0 spiro atoms. The summed E-state index contributed by atoms with van der Waals surface area (Å²) in [5, 5.41) is 6.39. The second kappa shape index (κ2) is 8.59. The van der Waals surface area contributed by atoms with Crippen LogP contribution in [0.1, 0.15) is 37.4 Å². The number of imide groups is 1. The SMILES string of the molecule is O=C1NC(N2C(=O)c3ccccc3C2=O)[C@@H]1NC(c1ccccc1)(c1ccccc1)c1ccccc1. The number of nitrogens with one attached hydrogen (secondary N) is 2. The third-order valence-electron chi connectivity index (χ3n) is 6.98. The van der Waals surface area contributed by atoms with E-state index in [1.54, 1.807) is 24.3 Å². The van der Waals surface area contributed by atoms with Crippen LogP contribution in [0.15, 0.2) is 115 Å². The first-order valence-electron chi connectivity index (χ1n) is 11.8. The molecule has 6 heteroatoms. The minimum Gasteiger partial charge on any atom is -0.332 e. The molecular weight excluding hydrogens is 450 g/mol. The van der Waals surface area contributed by atoms with Crippen molar-refractivity contribution in [2.75, 3.05) is 0 Å². The fraction of sp³-hybridized carbons (Fsp3) is 0.100. The van der Waals surface area contributed by atoms with Crippen molar-refractivity contribution < 1.29 is 14.4 Å². The highest BCUT2D eigenvalue weighted by Gasteiger charge is 2.54. The Bertz CT molecular complexity index is 1320. The summed E-state index contributed by atoms with van der Waals surface area (Å²) in [4.78, 5) is 40.6. The molecule has 0 aliphatic carbocycles. The van der Waals surface area contributed by atoms with Crippen LogP contribution in [-0.4, -0.2) is 34.8 Å². The number of hydrogen-bond donors (Lipinski definition) is 2. The van der Waals surface area contributed by atoms with Gasteiger partial charge in [-0.25, -0.2) is 0 Å². The van der Waals surface area contributed by atoms with E-state index in [0.717, 1.165) is 21.6 Å². The molecule has 2 N–H and O–H groups in total. The lowest BCUT2D eigenvalue weighted by molar-refractivity contribution is -0.135. The molecule has 36 heavy (non-hydrogen) atoms. The van der Waals surface area contributed by atoms with Gasteiger partial charge in [-0.3, -0.25) is 24.6 Å². The Labute approximate surface area is 208 Å². The largest absolute Gasteiger partial charge is 0.332 e. The lowest BCUT2D eigenvalue weighted by atomic mass is 9.76. The van der Waals surface area contributed by atoms with Gasteiger partial charge in [0.05, 0.1) is 16.7 Å². The number of carbonyl (C=O) groups excluding carboxylic acids is 3. The number of nitrogens with zero attached hydrogens (tertiary/aromatic N) is 1. The molecule has 1 fully saturated rings. The van der Waals surface area contributed by atoms with Crippen molar-refractivity contribution in [3.8, 4) is 0 Å². The molecule has 0 bridgehead atoms. The van der Waals surface area contributed by atoms with E-state index in [1.807, 2.05) is 91.0 Å². The second-order valence-corrected chi connectivity index (χ2v) is 8.95. The number of β-lactam (4-membered cyclic amide) rings is 1. The maximum absolute atomic E-state index is 13.2. The van der Waals surface area contributed by atoms with Gasteiger partial charge < -0.3 is 5.32 Å². The van der Waals surface area contributed by atoms with Gasteiger partial charge >= 0.3 is 0 Å². The molecule has 2 heterocycles. The van der Waals surface area contributed by atoms with Crippen molar-refractivity contribution in [3.63, 3.8) is 0 Å². The lowest BCUT2D eigenvalue weighted by Crippen LogP contribution is -2.77. The molecular formula is C30H23N3O3. The summed E-state index contributed by atoms with van der Waals surface area (Å²) < 4.78 is 0. The van der Waals surface area contributed by atoms with Gasteiger partial charge in [0, 0.05) is 0 Å². The summed E-state index contributed by atoms with van der Waals surface area (Å²) in [6, 6.07) is 35.6. The molecule has 1 unspecified atom stereocenters. The van der Waals surface area contributed by atoms with Crippen molar-refractivity contribution >= 4 is 17.7 Å². The maximum Gasteiger partial charge on any atom is 0.263 e. The molecule has 0 radical (unpaired) electrons. The molecule has 6 rings (SSSR count). The third-order valence-corrected chi connectivity index (χ3v) is 6.98. The Kier molecular flexibility index (Phi) is 5.24. The van der Waals surface area contributed by atoms with Gasteiger partial charge in [0.1, 0.15) is 12.2 Å². The van der Waals surface area contributed by atoms with E-state index >= 15 is 0 Å². The van der Waals surface area contributed by atoms with E-state index in [2.05, 4.69) is 10.6 Å². The Hall–Kier alpha value is -4.55. The summed E-state index contributed by atoms with van der Waals surface area (Å²) in [6.45, 7) is 0. The van der Waals surface area contributed by atoms with E-state index in [1.165, 1.54) is 0 Å². The number of fused-ring (bicyclic) bond motifs is 1. The highest BCUT2D eigenvalue weighted by atomic mass is 16.2. The van der Waals surface area contributed by atoms with Gasteiger partial charge in [-0.2, -0.15) is 0 Å². The van der Waals surface area contributed by atoms with Crippen LogP contribution in [0.4, 0.5) is 0 Å². The zero-order valence-electron chi connectivity index (χ0n) is 19.3. The molecule has 6 nitrogen and oxygen atoms in total. The van der Waals surface area contributed by atoms with E-state index in [-0.39, 0.29) is 5.91 Å². The van der Waals surface area contributed by atoms with Crippen LogP contribution in [0.25, 0.3) is 0 Å². The number of hydrogen-bond acceptors (Lipinski definition) is 4. The number of amides is 3. The van der Waals surface area contributed by atoms with Gasteiger partial charge in [0.25, 0.3) is 11.8 Å². The lowest BCUT2D eigenvalue weighted by Gasteiger charge is -2.47. The quantitative estimate of drug-likeness (QED) is 0.254. The molecule has 2 aliphatic heterocycles. The van der Waals surface area contributed by atoms with Crippen molar-refractivity contribution in [1.29, 1.82) is 0 Å². The van der Waals surface area contributed by atoms with Crippen LogP contribution in [0.5, 0.6) is 0 Å². The Morgan fingerprint density at radius 2 is 0.972 bits per heavy atom. The maximum atomic E-state index is 13.2. The number of benzene rings is 4.